The summed E-state index contributed by atoms with van der Waals surface area (Å²) in [4.78, 5) is 15.6. The fraction of sp³-hybridized carbons (Fsp3) is 0.100. The largest absolute Gasteiger partial charge is 0.478 e. The van der Waals surface area contributed by atoms with Gasteiger partial charge in [-0.1, -0.05) is 17.7 Å². The van der Waals surface area contributed by atoms with E-state index in [1.165, 1.54) is 18.2 Å². The molecule has 0 aliphatic carbocycles. The number of rotatable bonds is 4. The number of aromatic nitrogens is 1. The Bertz CT molecular complexity index is 1020. The molecule has 1 heterocycles. The number of aromatic carboxylic acids is 1. The van der Waals surface area contributed by atoms with Gasteiger partial charge in [-0.15, -0.1) is 0 Å². The molecular formula is C20H16ClFN2O2. The molecule has 2 aromatic carbocycles. The molecule has 132 valence electrons. The van der Waals surface area contributed by atoms with E-state index in [9.17, 15) is 14.3 Å². The highest BCUT2D eigenvalue weighted by molar-refractivity contribution is 6.33. The number of hydrogen-bond donors (Lipinski definition) is 1. The smallest absolute Gasteiger partial charge is 0.337 e. The van der Waals surface area contributed by atoms with Gasteiger partial charge < -0.3 is 9.67 Å². The number of carboxylic acids is 1. The highest BCUT2D eigenvalue weighted by Crippen LogP contribution is 2.25. The Morgan fingerprint density at radius 2 is 1.96 bits per heavy atom. The van der Waals surface area contributed by atoms with Gasteiger partial charge in [0, 0.05) is 28.9 Å². The fourth-order valence-electron chi connectivity index (χ4n) is 2.83. The molecule has 0 fully saturated rings. The highest BCUT2D eigenvalue weighted by atomic mass is 35.5. The summed E-state index contributed by atoms with van der Waals surface area (Å²) in [5.74, 6) is -1.42. The van der Waals surface area contributed by atoms with Crippen LogP contribution in [0, 0.1) is 19.7 Å². The van der Waals surface area contributed by atoms with Crippen molar-refractivity contribution in [1.29, 1.82) is 0 Å². The normalized spacial score (nSPS) is 11.2. The molecule has 3 aromatic rings. The van der Waals surface area contributed by atoms with Crippen LogP contribution in [0.3, 0.4) is 0 Å². The van der Waals surface area contributed by atoms with E-state index >= 15 is 0 Å². The van der Waals surface area contributed by atoms with Gasteiger partial charge in [0.15, 0.2) is 0 Å². The monoisotopic (exact) mass is 370 g/mol. The van der Waals surface area contributed by atoms with Crippen molar-refractivity contribution in [2.45, 2.75) is 13.8 Å². The third kappa shape index (κ3) is 3.53. The van der Waals surface area contributed by atoms with Crippen molar-refractivity contribution in [3.63, 3.8) is 0 Å². The lowest BCUT2D eigenvalue weighted by Gasteiger charge is -2.11. The number of nitrogens with zero attached hydrogens (tertiary/aromatic N) is 2. The van der Waals surface area contributed by atoms with Crippen molar-refractivity contribution in [2.75, 3.05) is 0 Å². The maximum atomic E-state index is 13.3. The molecule has 26 heavy (non-hydrogen) atoms. The molecule has 0 saturated heterocycles. The van der Waals surface area contributed by atoms with Crippen LogP contribution in [0.25, 0.3) is 5.69 Å². The van der Waals surface area contributed by atoms with Gasteiger partial charge >= 0.3 is 5.97 Å². The zero-order valence-corrected chi connectivity index (χ0v) is 15.0. The number of aryl methyl sites for hydroxylation is 1. The van der Waals surface area contributed by atoms with Crippen LogP contribution in [-0.2, 0) is 0 Å². The number of carboxylic acid groups (broad SMARTS) is 1. The lowest BCUT2D eigenvalue weighted by molar-refractivity contribution is 0.0697. The van der Waals surface area contributed by atoms with E-state index in [1.807, 2.05) is 24.5 Å². The summed E-state index contributed by atoms with van der Waals surface area (Å²) in [6, 6.07) is 12.9. The number of benzene rings is 2. The number of aliphatic imine (C=N–C) groups is 1. The molecule has 0 saturated carbocycles. The molecule has 0 amide bonds. The van der Waals surface area contributed by atoms with E-state index in [4.69, 9.17) is 11.6 Å². The van der Waals surface area contributed by atoms with Crippen LogP contribution in [0.15, 0.2) is 53.5 Å². The molecular weight excluding hydrogens is 355 g/mol. The molecule has 0 spiro atoms. The second-order valence-corrected chi connectivity index (χ2v) is 6.28. The third-order valence-electron chi connectivity index (χ3n) is 4.07. The Morgan fingerprint density at radius 3 is 2.65 bits per heavy atom. The fourth-order valence-corrected chi connectivity index (χ4v) is 3.03. The summed E-state index contributed by atoms with van der Waals surface area (Å²) < 4.78 is 15.2. The topological polar surface area (TPSA) is 54.6 Å². The Kier molecular flexibility index (Phi) is 4.91. The first-order valence-corrected chi connectivity index (χ1v) is 8.26. The van der Waals surface area contributed by atoms with Crippen molar-refractivity contribution >= 4 is 29.5 Å². The molecule has 0 aliphatic heterocycles. The summed E-state index contributed by atoms with van der Waals surface area (Å²) >= 11 is 5.95. The maximum Gasteiger partial charge on any atom is 0.337 e. The first kappa shape index (κ1) is 17.9. The average Bonchev–Trinajstić information content (AvgIpc) is 2.87. The van der Waals surface area contributed by atoms with Gasteiger partial charge in [0.05, 0.1) is 16.3 Å². The van der Waals surface area contributed by atoms with E-state index in [0.29, 0.717) is 11.4 Å². The highest BCUT2D eigenvalue weighted by Gasteiger charge is 2.14. The molecule has 4 nitrogen and oxygen atoms in total. The quantitative estimate of drug-likeness (QED) is 0.630. The van der Waals surface area contributed by atoms with E-state index in [-0.39, 0.29) is 16.4 Å². The van der Waals surface area contributed by atoms with Crippen LogP contribution in [0.5, 0.6) is 0 Å². The van der Waals surface area contributed by atoms with Crippen LogP contribution in [0.4, 0.5) is 10.1 Å². The summed E-state index contributed by atoms with van der Waals surface area (Å²) in [6.45, 7) is 3.83. The molecule has 0 unspecified atom stereocenters. The van der Waals surface area contributed by atoms with Gasteiger partial charge in [-0.2, -0.15) is 0 Å². The second-order valence-electron chi connectivity index (χ2n) is 5.87. The van der Waals surface area contributed by atoms with E-state index in [0.717, 1.165) is 17.0 Å². The SMILES string of the molecule is Cc1cc(C=Nc2cccc(F)c2)c(C)n1-c1ccc(Cl)c(C(=O)O)c1. The minimum absolute atomic E-state index is 0.0478. The Morgan fingerprint density at radius 1 is 1.19 bits per heavy atom. The van der Waals surface area contributed by atoms with Crippen LogP contribution in [0.1, 0.15) is 27.3 Å². The summed E-state index contributed by atoms with van der Waals surface area (Å²) in [5.41, 5.74) is 3.94. The van der Waals surface area contributed by atoms with Crippen molar-refractivity contribution in [3.05, 3.63) is 81.9 Å². The molecule has 0 radical (unpaired) electrons. The Labute approximate surface area is 155 Å². The van der Waals surface area contributed by atoms with Crippen LogP contribution >= 0.6 is 11.6 Å². The van der Waals surface area contributed by atoms with Crippen molar-refractivity contribution in [2.24, 2.45) is 4.99 Å². The Hall–Kier alpha value is -2.92. The van der Waals surface area contributed by atoms with Gasteiger partial charge in [0.2, 0.25) is 0 Å². The second kappa shape index (κ2) is 7.14. The zero-order valence-electron chi connectivity index (χ0n) is 14.2. The maximum absolute atomic E-state index is 13.3. The van der Waals surface area contributed by atoms with Gasteiger partial charge in [0.25, 0.3) is 0 Å². The van der Waals surface area contributed by atoms with Crippen LogP contribution < -0.4 is 0 Å². The molecule has 0 aliphatic rings. The van der Waals surface area contributed by atoms with Gasteiger partial charge in [-0.05, 0) is 56.3 Å². The van der Waals surface area contributed by atoms with Crippen LogP contribution in [0.2, 0.25) is 5.02 Å². The number of halogens is 2. The van der Waals surface area contributed by atoms with Crippen molar-refractivity contribution < 1.29 is 14.3 Å². The van der Waals surface area contributed by atoms with Gasteiger partial charge in [-0.3, -0.25) is 4.99 Å². The molecule has 0 atom stereocenters. The third-order valence-corrected chi connectivity index (χ3v) is 4.40. The summed E-state index contributed by atoms with van der Waals surface area (Å²) in [5, 5.41) is 9.46. The van der Waals surface area contributed by atoms with Gasteiger partial charge in [-0.25, -0.2) is 9.18 Å². The summed E-state index contributed by atoms with van der Waals surface area (Å²) in [6.07, 6.45) is 1.67. The molecule has 1 N–H and O–H groups in total. The van der Waals surface area contributed by atoms with Crippen molar-refractivity contribution in [3.8, 4) is 5.69 Å². The lowest BCUT2D eigenvalue weighted by atomic mass is 10.2. The average molecular weight is 371 g/mol. The zero-order chi connectivity index (χ0) is 18.8. The number of hydrogen-bond acceptors (Lipinski definition) is 2. The van der Waals surface area contributed by atoms with Crippen LogP contribution in [-0.4, -0.2) is 21.9 Å². The predicted octanol–water partition coefficient (Wildman–Crippen LogP) is 5.34. The lowest BCUT2D eigenvalue weighted by Crippen LogP contribution is -2.03. The van der Waals surface area contributed by atoms with E-state index in [2.05, 4.69) is 4.99 Å². The first-order valence-electron chi connectivity index (χ1n) is 7.88. The minimum Gasteiger partial charge on any atom is -0.478 e. The van der Waals surface area contributed by atoms with Gasteiger partial charge in [0.1, 0.15) is 5.82 Å². The molecule has 3 rings (SSSR count). The number of carbonyl (C=O) groups is 1. The molecule has 1 aromatic heterocycles. The standard InChI is InChI=1S/C20H16ClFN2O2/c1-12-8-14(11-23-16-5-3-4-15(22)9-16)13(2)24(12)17-6-7-19(21)18(10-17)20(25)26/h3-11H,1-2H3,(H,25,26). The van der Waals surface area contributed by atoms with Crippen molar-refractivity contribution in [1.82, 2.24) is 4.57 Å². The van der Waals surface area contributed by atoms with E-state index in [1.54, 1.807) is 30.5 Å². The summed E-state index contributed by atoms with van der Waals surface area (Å²) in [7, 11) is 0. The minimum atomic E-state index is -1.08. The molecule has 6 heteroatoms. The first-order chi connectivity index (χ1) is 12.4. The Balaban J connectivity index is 2.01. The van der Waals surface area contributed by atoms with E-state index < -0.39 is 5.97 Å². The molecule has 0 bridgehead atoms. The predicted molar refractivity (Wildman–Crippen MR) is 101 cm³/mol.